The van der Waals surface area contributed by atoms with Gasteiger partial charge in [0, 0.05) is 64.9 Å². The quantitative estimate of drug-likeness (QED) is 0.366. The largest absolute Gasteiger partial charge is 0.395 e. The first kappa shape index (κ1) is 21.6. The molecule has 6 fully saturated rings. The smallest absolute Gasteiger partial charge is 0.168 e. The van der Waals surface area contributed by atoms with Crippen molar-refractivity contribution in [1.29, 1.82) is 0 Å². The topological polar surface area (TPSA) is 72.9 Å². The molecule has 0 radical (unpaired) electrons. The second-order valence-corrected chi connectivity index (χ2v) is 11.2. The van der Waals surface area contributed by atoms with Crippen LogP contribution in [0.4, 0.5) is 0 Å². The zero-order valence-corrected chi connectivity index (χ0v) is 18.9. The number of Topliss-reactive ketones (excluding diaryl/α,β-unsaturated/α-hetero) is 2. The number of carbonyl (C=O) groups excluding carboxylic acids is 2. The average Bonchev–Trinajstić information content (AvgIpc) is 2.73. The van der Waals surface area contributed by atoms with E-state index in [1.54, 1.807) is 6.20 Å². The fourth-order valence-corrected chi connectivity index (χ4v) is 7.94. The summed E-state index contributed by atoms with van der Waals surface area (Å²) >= 11 is 0. The predicted octanol–water partition coefficient (Wildman–Crippen LogP) is 1.83. The summed E-state index contributed by atoms with van der Waals surface area (Å²) in [6.45, 7) is 6.63. The molecule has 5 aliphatic carbocycles. The molecule has 5 saturated carbocycles. The van der Waals surface area contributed by atoms with Crippen molar-refractivity contribution >= 4 is 11.6 Å². The summed E-state index contributed by atoms with van der Waals surface area (Å²) in [6.07, 6.45) is 10.9. The molecule has 6 rings (SSSR count). The van der Waals surface area contributed by atoms with E-state index in [0.717, 1.165) is 63.6 Å². The molecular formula is C25H39N3O3. The van der Waals surface area contributed by atoms with E-state index in [0.29, 0.717) is 18.4 Å². The minimum Gasteiger partial charge on any atom is -0.395 e. The maximum atomic E-state index is 12.9. The van der Waals surface area contributed by atoms with E-state index < -0.39 is 0 Å². The molecular weight excluding hydrogens is 390 g/mol. The maximum absolute atomic E-state index is 12.9. The number of carbonyl (C=O) groups is 2. The van der Waals surface area contributed by atoms with E-state index in [4.69, 9.17) is 5.11 Å². The second kappa shape index (κ2) is 8.95. The van der Waals surface area contributed by atoms with Gasteiger partial charge >= 0.3 is 0 Å². The highest BCUT2D eigenvalue weighted by molar-refractivity contribution is 6.21. The number of β-amino-alcohol motifs (C(OH)–C–C–N with tert-alkyl or cyclic N) is 1. The Morgan fingerprint density at radius 1 is 0.871 bits per heavy atom. The fourth-order valence-electron chi connectivity index (χ4n) is 7.94. The van der Waals surface area contributed by atoms with E-state index in [1.807, 2.05) is 0 Å². The van der Waals surface area contributed by atoms with E-state index in [1.165, 1.54) is 38.5 Å². The number of nitrogens with one attached hydrogen (secondary N) is 1. The lowest BCUT2D eigenvalue weighted by Crippen LogP contribution is -2.51. The number of ketones is 2. The third kappa shape index (κ3) is 4.49. The van der Waals surface area contributed by atoms with Crippen LogP contribution in [0.25, 0.3) is 0 Å². The molecule has 2 N–H and O–H groups in total. The number of allylic oxidation sites excluding steroid dienone is 1. The van der Waals surface area contributed by atoms with Crippen LogP contribution in [0.15, 0.2) is 11.8 Å². The summed E-state index contributed by atoms with van der Waals surface area (Å²) in [5.41, 5.74) is 0.700. The Kier molecular flexibility index (Phi) is 6.24. The van der Waals surface area contributed by atoms with Gasteiger partial charge in [-0.25, -0.2) is 0 Å². The van der Waals surface area contributed by atoms with Gasteiger partial charge in [0.05, 0.1) is 12.2 Å². The van der Waals surface area contributed by atoms with Crippen LogP contribution in [0.5, 0.6) is 0 Å². The van der Waals surface area contributed by atoms with Crippen molar-refractivity contribution in [3.05, 3.63) is 11.8 Å². The highest BCUT2D eigenvalue weighted by atomic mass is 16.3. The Labute approximate surface area is 186 Å². The Morgan fingerprint density at radius 3 is 1.90 bits per heavy atom. The predicted molar refractivity (Wildman–Crippen MR) is 119 cm³/mol. The van der Waals surface area contributed by atoms with Crippen LogP contribution in [0.2, 0.25) is 0 Å². The lowest BCUT2D eigenvalue weighted by Gasteiger charge is -2.60. The van der Waals surface area contributed by atoms with Crippen LogP contribution in [0, 0.1) is 29.1 Å². The van der Waals surface area contributed by atoms with Crippen molar-refractivity contribution in [3.8, 4) is 0 Å². The van der Waals surface area contributed by atoms with Gasteiger partial charge in [0.1, 0.15) is 0 Å². The molecule has 1 heterocycles. The Bertz CT molecular complexity index is 670. The molecule has 0 amide bonds. The maximum Gasteiger partial charge on any atom is 0.168 e. The Hall–Kier alpha value is -1.24. The van der Waals surface area contributed by atoms with Crippen molar-refractivity contribution in [3.63, 3.8) is 0 Å². The first-order chi connectivity index (χ1) is 15.0. The molecule has 0 atom stereocenters. The summed E-state index contributed by atoms with van der Waals surface area (Å²) in [5.74, 6) is 3.01. The normalized spacial score (nSPS) is 38.7. The van der Waals surface area contributed by atoms with E-state index >= 15 is 0 Å². The number of nitrogens with zero attached hydrogens (tertiary/aromatic N) is 2. The van der Waals surface area contributed by atoms with Gasteiger partial charge in [0.15, 0.2) is 11.6 Å². The van der Waals surface area contributed by atoms with Crippen LogP contribution in [0.1, 0.15) is 51.4 Å². The lowest BCUT2D eigenvalue weighted by molar-refractivity contribution is -0.135. The number of piperazine rings is 1. The lowest BCUT2D eigenvalue weighted by atomic mass is 9.45. The van der Waals surface area contributed by atoms with Gasteiger partial charge in [-0.05, 0) is 67.6 Å². The first-order valence-electron chi connectivity index (χ1n) is 12.6. The van der Waals surface area contributed by atoms with Gasteiger partial charge in [0.2, 0.25) is 0 Å². The molecule has 0 unspecified atom stereocenters. The molecule has 0 aromatic rings. The highest BCUT2D eigenvalue weighted by Gasteiger charge is 2.55. The van der Waals surface area contributed by atoms with Crippen LogP contribution in [-0.4, -0.2) is 78.9 Å². The van der Waals surface area contributed by atoms with Gasteiger partial charge in [-0.3, -0.25) is 19.4 Å². The van der Waals surface area contributed by atoms with Crippen molar-refractivity contribution in [2.75, 3.05) is 52.4 Å². The summed E-state index contributed by atoms with van der Waals surface area (Å²) in [5, 5.41) is 12.3. The van der Waals surface area contributed by atoms with Gasteiger partial charge < -0.3 is 10.4 Å². The van der Waals surface area contributed by atoms with Crippen molar-refractivity contribution in [2.24, 2.45) is 29.1 Å². The zero-order valence-electron chi connectivity index (χ0n) is 18.9. The van der Waals surface area contributed by atoms with Crippen LogP contribution in [-0.2, 0) is 9.59 Å². The molecule has 31 heavy (non-hydrogen) atoms. The summed E-state index contributed by atoms with van der Waals surface area (Å²) in [4.78, 5) is 30.6. The summed E-state index contributed by atoms with van der Waals surface area (Å²) < 4.78 is 0. The van der Waals surface area contributed by atoms with Crippen LogP contribution >= 0.6 is 0 Å². The van der Waals surface area contributed by atoms with Gasteiger partial charge in [0.25, 0.3) is 0 Å². The minimum absolute atomic E-state index is 0.0714. The van der Waals surface area contributed by atoms with Gasteiger partial charge in [-0.2, -0.15) is 0 Å². The van der Waals surface area contributed by atoms with Crippen LogP contribution < -0.4 is 5.32 Å². The Balaban J connectivity index is 1.11. The molecule has 1 saturated heterocycles. The van der Waals surface area contributed by atoms with Gasteiger partial charge in [-0.15, -0.1) is 0 Å². The van der Waals surface area contributed by atoms with Crippen molar-refractivity contribution in [2.45, 2.75) is 51.4 Å². The van der Waals surface area contributed by atoms with Crippen molar-refractivity contribution in [1.82, 2.24) is 15.1 Å². The minimum atomic E-state index is 0.0714. The monoisotopic (exact) mass is 429 g/mol. The second-order valence-electron chi connectivity index (χ2n) is 11.2. The standard InChI is InChI=1S/C25H39N3O3/c29-8-7-28-5-3-27(4-6-28)2-1-26-17-22-23(30)12-21(13-24(22)31)25-14-18-9-19(15-25)11-20(10-18)16-25/h17-21,26,29H,1-16H2/t18-,19+,20?,21?,25?. The molecule has 4 bridgehead atoms. The number of aliphatic hydroxyl groups is 1. The SMILES string of the molecule is O=C1CC(C23CC4C[C@H](C2)C[C@@H](C4)C3)CC(=O)C1=CNCCN1CCN(CCO)CC1. The number of hydrogen-bond acceptors (Lipinski definition) is 6. The summed E-state index contributed by atoms with van der Waals surface area (Å²) in [7, 11) is 0. The number of hydrogen-bond donors (Lipinski definition) is 2. The molecule has 172 valence electrons. The third-order valence-electron chi connectivity index (χ3n) is 9.12. The molecule has 0 aromatic carbocycles. The zero-order chi connectivity index (χ0) is 21.4. The molecule has 0 spiro atoms. The summed E-state index contributed by atoms with van der Waals surface area (Å²) in [6, 6.07) is 0. The first-order valence-corrected chi connectivity index (χ1v) is 12.6. The van der Waals surface area contributed by atoms with E-state index in [2.05, 4.69) is 15.1 Å². The van der Waals surface area contributed by atoms with E-state index in [-0.39, 0.29) is 29.5 Å². The fraction of sp³-hybridized carbons (Fsp3) is 0.840. The molecule has 1 aliphatic heterocycles. The van der Waals surface area contributed by atoms with Crippen molar-refractivity contribution < 1.29 is 14.7 Å². The molecule has 6 aliphatic rings. The molecule has 0 aromatic heterocycles. The van der Waals surface area contributed by atoms with Gasteiger partial charge in [-0.1, -0.05) is 0 Å². The molecule has 6 nitrogen and oxygen atoms in total. The highest BCUT2D eigenvalue weighted by Crippen LogP contribution is 2.64. The number of rotatable bonds is 7. The average molecular weight is 430 g/mol. The van der Waals surface area contributed by atoms with E-state index in [9.17, 15) is 9.59 Å². The Morgan fingerprint density at radius 2 is 1.39 bits per heavy atom. The van der Waals surface area contributed by atoms with Crippen LogP contribution in [0.3, 0.4) is 0 Å². The molecule has 6 heteroatoms. The number of aliphatic hydroxyl groups excluding tert-OH is 1. The third-order valence-corrected chi connectivity index (χ3v) is 9.12.